The second-order valence-electron chi connectivity index (χ2n) is 6.08. The van der Waals surface area contributed by atoms with E-state index < -0.39 is 10.0 Å². The maximum atomic E-state index is 12.4. The smallest absolute Gasteiger partial charge is 0.251 e. The van der Waals surface area contributed by atoms with Gasteiger partial charge >= 0.3 is 0 Å². The van der Waals surface area contributed by atoms with Gasteiger partial charge < -0.3 is 5.32 Å². The van der Waals surface area contributed by atoms with Crippen molar-refractivity contribution in [2.24, 2.45) is 0 Å². The number of amides is 1. The van der Waals surface area contributed by atoms with Crippen LogP contribution in [0.2, 0.25) is 0 Å². The van der Waals surface area contributed by atoms with Crippen LogP contribution in [0, 0.1) is 6.92 Å². The van der Waals surface area contributed by atoms with Crippen molar-refractivity contribution in [2.45, 2.75) is 20.3 Å². The minimum absolute atomic E-state index is 0.0520. The molecule has 1 aromatic heterocycles. The Kier molecular flexibility index (Phi) is 6.44. The van der Waals surface area contributed by atoms with Gasteiger partial charge in [0.2, 0.25) is 10.0 Å². The third-order valence-corrected chi connectivity index (χ3v) is 5.80. The maximum Gasteiger partial charge on any atom is 0.251 e. The first-order valence-electron chi connectivity index (χ1n) is 8.36. The van der Waals surface area contributed by atoms with Crippen LogP contribution in [0.3, 0.4) is 0 Å². The molecule has 0 fully saturated rings. The van der Waals surface area contributed by atoms with Gasteiger partial charge in [-0.2, -0.15) is 0 Å². The Morgan fingerprint density at radius 3 is 2.65 bits per heavy atom. The Labute approximate surface area is 154 Å². The summed E-state index contributed by atoms with van der Waals surface area (Å²) in [5, 5.41) is 2.65. The van der Waals surface area contributed by atoms with Crippen LogP contribution in [-0.4, -0.2) is 55.0 Å². The predicted molar refractivity (Wildman–Crippen MR) is 101 cm³/mol. The summed E-state index contributed by atoms with van der Waals surface area (Å²) in [7, 11) is -0.404. The van der Waals surface area contributed by atoms with Crippen molar-refractivity contribution in [1.82, 2.24) is 19.6 Å². The van der Waals surface area contributed by atoms with Gasteiger partial charge in [0.05, 0.1) is 11.4 Å². The van der Waals surface area contributed by atoms with Crippen LogP contribution in [-0.2, 0) is 16.4 Å². The van der Waals surface area contributed by atoms with Crippen molar-refractivity contribution in [3.05, 3.63) is 47.4 Å². The van der Waals surface area contributed by atoms with E-state index in [9.17, 15) is 13.2 Å². The van der Waals surface area contributed by atoms with Gasteiger partial charge in [-0.1, -0.05) is 19.1 Å². The van der Waals surface area contributed by atoms with E-state index in [0.717, 1.165) is 27.5 Å². The van der Waals surface area contributed by atoms with E-state index in [1.165, 1.54) is 14.1 Å². The molecule has 1 amide bonds. The minimum Gasteiger partial charge on any atom is -0.351 e. The molecule has 140 valence electrons. The second kappa shape index (κ2) is 8.37. The average molecular weight is 376 g/mol. The molecular weight excluding hydrogens is 352 g/mol. The highest BCUT2D eigenvalue weighted by Gasteiger charge is 2.15. The first-order chi connectivity index (χ1) is 12.2. The number of nitrogens with one attached hydrogen (secondary N) is 1. The fourth-order valence-corrected chi connectivity index (χ4v) is 3.11. The van der Waals surface area contributed by atoms with Crippen molar-refractivity contribution in [3.63, 3.8) is 0 Å². The molecule has 0 saturated carbocycles. The molecule has 26 heavy (non-hydrogen) atoms. The number of sulfonamides is 1. The number of aromatic nitrogens is 2. The molecule has 0 aliphatic heterocycles. The van der Waals surface area contributed by atoms with E-state index in [1.807, 2.05) is 19.9 Å². The third-order valence-electron chi connectivity index (χ3n) is 3.97. The van der Waals surface area contributed by atoms with Crippen molar-refractivity contribution >= 4 is 15.9 Å². The maximum absolute atomic E-state index is 12.4. The summed E-state index contributed by atoms with van der Waals surface area (Å²) < 4.78 is 24.6. The lowest BCUT2D eigenvalue weighted by Crippen LogP contribution is -2.33. The van der Waals surface area contributed by atoms with Gasteiger partial charge in [0, 0.05) is 38.0 Å². The lowest BCUT2D eigenvalue weighted by molar-refractivity contribution is 0.0956. The summed E-state index contributed by atoms with van der Waals surface area (Å²) in [6.45, 7) is 3.90. The van der Waals surface area contributed by atoms with Crippen LogP contribution in [0.5, 0.6) is 0 Å². The zero-order valence-electron chi connectivity index (χ0n) is 15.5. The molecule has 0 radical (unpaired) electrons. The van der Waals surface area contributed by atoms with Gasteiger partial charge in [0.1, 0.15) is 5.82 Å². The van der Waals surface area contributed by atoms with Crippen LogP contribution in [0.25, 0.3) is 11.3 Å². The average Bonchev–Trinajstić information content (AvgIpc) is 2.61. The number of carbonyl (C=O) groups is 1. The van der Waals surface area contributed by atoms with Crippen LogP contribution >= 0.6 is 0 Å². The van der Waals surface area contributed by atoms with Crippen LogP contribution in [0.1, 0.15) is 28.7 Å². The Hall–Kier alpha value is -2.32. The Balaban J connectivity index is 2.17. The molecule has 7 nitrogen and oxygen atoms in total. The first-order valence-corrected chi connectivity index (χ1v) is 9.97. The van der Waals surface area contributed by atoms with E-state index in [-0.39, 0.29) is 18.2 Å². The molecule has 0 aliphatic rings. The molecular formula is C18H24N4O3S. The van der Waals surface area contributed by atoms with E-state index in [2.05, 4.69) is 15.3 Å². The molecule has 1 aromatic carbocycles. The molecule has 1 N–H and O–H groups in total. The van der Waals surface area contributed by atoms with Crippen molar-refractivity contribution < 1.29 is 13.2 Å². The van der Waals surface area contributed by atoms with Gasteiger partial charge in [0.15, 0.2) is 0 Å². The molecule has 0 atom stereocenters. The molecule has 0 aliphatic carbocycles. The van der Waals surface area contributed by atoms with Crippen LogP contribution in [0.4, 0.5) is 0 Å². The standard InChI is InChI=1S/C18H24N4O3S/c1-5-14-12-20-13(2)21-17(14)15-7-6-8-16(11-15)18(23)19-9-10-26(24,25)22(3)4/h6-8,11-12H,5,9-10H2,1-4H3,(H,19,23). The normalized spacial score (nSPS) is 11.6. The van der Waals surface area contributed by atoms with E-state index >= 15 is 0 Å². The van der Waals surface area contributed by atoms with Crippen LogP contribution < -0.4 is 5.32 Å². The number of benzene rings is 1. The van der Waals surface area contributed by atoms with E-state index in [0.29, 0.717) is 11.4 Å². The lowest BCUT2D eigenvalue weighted by Gasteiger charge is -2.12. The van der Waals surface area contributed by atoms with Gasteiger partial charge in [0.25, 0.3) is 5.91 Å². The fourth-order valence-electron chi connectivity index (χ4n) is 2.39. The molecule has 0 unspecified atom stereocenters. The molecule has 2 rings (SSSR count). The number of hydrogen-bond acceptors (Lipinski definition) is 5. The lowest BCUT2D eigenvalue weighted by atomic mass is 10.0. The Morgan fingerprint density at radius 2 is 2.00 bits per heavy atom. The zero-order valence-corrected chi connectivity index (χ0v) is 16.3. The van der Waals surface area contributed by atoms with Crippen molar-refractivity contribution in [2.75, 3.05) is 26.4 Å². The molecule has 0 spiro atoms. The second-order valence-corrected chi connectivity index (χ2v) is 8.38. The Morgan fingerprint density at radius 1 is 1.27 bits per heavy atom. The fraction of sp³-hybridized carbons (Fsp3) is 0.389. The van der Waals surface area contributed by atoms with Crippen LogP contribution in [0.15, 0.2) is 30.5 Å². The summed E-state index contributed by atoms with van der Waals surface area (Å²) in [4.78, 5) is 21.1. The first kappa shape index (κ1) is 20.0. The van der Waals surface area contributed by atoms with E-state index in [1.54, 1.807) is 24.4 Å². The molecule has 2 aromatic rings. The highest BCUT2D eigenvalue weighted by molar-refractivity contribution is 7.89. The van der Waals surface area contributed by atoms with E-state index in [4.69, 9.17) is 0 Å². The minimum atomic E-state index is -3.34. The van der Waals surface area contributed by atoms with Gasteiger partial charge in [-0.15, -0.1) is 0 Å². The molecule has 1 heterocycles. The monoisotopic (exact) mass is 376 g/mol. The highest BCUT2D eigenvalue weighted by atomic mass is 32.2. The predicted octanol–water partition coefficient (Wildman–Crippen LogP) is 1.64. The summed E-state index contributed by atoms with van der Waals surface area (Å²) in [6, 6.07) is 7.14. The van der Waals surface area contributed by atoms with Gasteiger partial charge in [-0.25, -0.2) is 22.7 Å². The molecule has 0 saturated heterocycles. The Bertz CT molecular complexity index is 895. The quantitative estimate of drug-likeness (QED) is 0.793. The van der Waals surface area contributed by atoms with Gasteiger partial charge in [-0.3, -0.25) is 4.79 Å². The SMILES string of the molecule is CCc1cnc(C)nc1-c1cccc(C(=O)NCCS(=O)(=O)N(C)C)c1. The zero-order chi connectivity index (χ0) is 19.3. The number of aryl methyl sites for hydroxylation is 2. The summed E-state index contributed by atoms with van der Waals surface area (Å²) >= 11 is 0. The topological polar surface area (TPSA) is 92.3 Å². The summed E-state index contributed by atoms with van der Waals surface area (Å²) in [5.41, 5.74) is 3.11. The number of nitrogens with zero attached hydrogens (tertiary/aromatic N) is 3. The van der Waals surface area contributed by atoms with Crippen molar-refractivity contribution in [1.29, 1.82) is 0 Å². The van der Waals surface area contributed by atoms with Crippen molar-refractivity contribution in [3.8, 4) is 11.3 Å². The van der Waals surface area contributed by atoms with Gasteiger partial charge in [-0.05, 0) is 31.0 Å². The largest absolute Gasteiger partial charge is 0.351 e. The summed E-state index contributed by atoms with van der Waals surface area (Å²) in [5.74, 6) is 0.210. The third kappa shape index (κ3) is 4.86. The molecule has 0 bridgehead atoms. The number of hydrogen-bond donors (Lipinski definition) is 1. The highest BCUT2D eigenvalue weighted by Crippen LogP contribution is 2.22. The number of rotatable bonds is 7. The number of carbonyl (C=O) groups excluding carboxylic acids is 1. The molecule has 8 heteroatoms. The summed E-state index contributed by atoms with van der Waals surface area (Å²) in [6.07, 6.45) is 2.59.